The fourth-order valence-corrected chi connectivity index (χ4v) is 1.71. The summed E-state index contributed by atoms with van der Waals surface area (Å²) < 4.78 is 4.77. The van der Waals surface area contributed by atoms with E-state index in [1.54, 1.807) is 0 Å². The second-order valence-electron chi connectivity index (χ2n) is 4.61. The maximum atomic E-state index is 10.8. The lowest BCUT2D eigenvalue weighted by atomic mass is 9.82. The molecule has 0 radical (unpaired) electrons. The Kier molecular flexibility index (Phi) is 6.25. The highest BCUT2D eigenvalue weighted by atomic mass is 16.5. The number of hydrogen-bond acceptors (Lipinski definition) is 3. The Morgan fingerprint density at radius 1 is 1.60 bits per heavy atom. The van der Waals surface area contributed by atoms with Crippen LogP contribution in [0.1, 0.15) is 40.0 Å². The van der Waals surface area contributed by atoms with Gasteiger partial charge in [-0.3, -0.25) is 0 Å². The molecule has 0 aliphatic heterocycles. The summed E-state index contributed by atoms with van der Waals surface area (Å²) in [5.41, 5.74) is 0.0920. The monoisotopic (exact) mass is 214 g/mol. The molecule has 0 aliphatic rings. The smallest absolute Gasteiger partial charge is 0.330 e. The van der Waals surface area contributed by atoms with Crippen molar-refractivity contribution in [2.75, 3.05) is 6.61 Å². The van der Waals surface area contributed by atoms with E-state index >= 15 is 0 Å². The zero-order valence-electron chi connectivity index (χ0n) is 9.95. The Balaban J connectivity index is 3.86. The molecule has 3 heteroatoms. The van der Waals surface area contributed by atoms with Gasteiger partial charge in [-0.05, 0) is 18.3 Å². The predicted molar refractivity (Wildman–Crippen MR) is 60.5 cm³/mol. The number of ether oxygens (including phenoxy) is 1. The molecule has 0 aromatic carbocycles. The number of hydrogen-bond donors (Lipinski definition) is 1. The summed E-state index contributed by atoms with van der Waals surface area (Å²) in [5.74, 6) is -0.484. The lowest BCUT2D eigenvalue weighted by molar-refractivity contribution is -0.141. The Bertz CT molecular complexity index is 209. The average molecular weight is 214 g/mol. The molecule has 0 fully saturated rings. The molecule has 1 atom stereocenters. The first-order valence-electron chi connectivity index (χ1n) is 5.38. The summed E-state index contributed by atoms with van der Waals surface area (Å²) in [5, 5.41) is 9.64. The van der Waals surface area contributed by atoms with E-state index in [0.717, 1.165) is 18.9 Å². The van der Waals surface area contributed by atoms with E-state index in [1.165, 1.54) is 0 Å². The van der Waals surface area contributed by atoms with Crippen LogP contribution in [0.4, 0.5) is 0 Å². The molecular formula is C12H22O3. The highest BCUT2D eigenvalue weighted by Gasteiger charge is 2.21. The van der Waals surface area contributed by atoms with Crippen molar-refractivity contribution in [1.29, 1.82) is 0 Å². The minimum absolute atomic E-state index is 0.0536. The fraction of sp³-hybridized carbons (Fsp3) is 0.750. The number of aliphatic hydroxyl groups excluding tert-OH is 1. The van der Waals surface area contributed by atoms with Crippen LogP contribution in [0.15, 0.2) is 12.7 Å². The molecule has 0 aliphatic carbocycles. The summed E-state index contributed by atoms with van der Waals surface area (Å²) in [6.45, 7) is 9.67. The lowest BCUT2D eigenvalue weighted by Crippen LogP contribution is -2.25. The quantitative estimate of drug-likeness (QED) is 0.522. The Hall–Kier alpha value is -0.830. The van der Waals surface area contributed by atoms with Crippen LogP contribution in [-0.2, 0) is 9.53 Å². The summed E-state index contributed by atoms with van der Waals surface area (Å²) in [6, 6.07) is 0. The van der Waals surface area contributed by atoms with Crippen LogP contribution in [0.25, 0.3) is 0 Å². The number of carbonyl (C=O) groups excluding carboxylic acids is 1. The van der Waals surface area contributed by atoms with E-state index in [2.05, 4.69) is 27.4 Å². The maximum absolute atomic E-state index is 10.8. The van der Waals surface area contributed by atoms with Crippen LogP contribution in [-0.4, -0.2) is 23.8 Å². The summed E-state index contributed by atoms with van der Waals surface area (Å²) in [6.07, 6.45) is 3.30. The molecule has 0 heterocycles. The second kappa shape index (κ2) is 6.62. The molecule has 0 saturated heterocycles. The standard InChI is InChI=1S/C12H22O3/c1-5-7-12(3,4)8-10(13)9-15-11(14)6-2/h6,10,13H,2,5,7-9H2,1,3-4H3. The molecule has 0 aromatic heterocycles. The molecule has 0 rings (SSSR count). The number of rotatable bonds is 7. The van der Waals surface area contributed by atoms with Crippen molar-refractivity contribution < 1.29 is 14.6 Å². The van der Waals surface area contributed by atoms with Crippen molar-refractivity contribution in [2.24, 2.45) is 5.41 Å². The van der Waals surface area contributed by atoms with Crippen LogP contribution >= 0.6 is 0 Å². The van der Waals surface area contributed by atoms with Gasteiger partial charge in [0.2, 0.25) is 0 Å². The minimum Gasteiger partial charge on any atom is -0.460 e. The number of aliphatic hydroxyl groups is 1. The van der Waals surface area contributed by atoms with Crippen LogP contribution < -0.4 is 0 Å². The van der Waals surface area contributed by atoms with E-state index in [0.29, 0.717) is 6.42 Å². The largest absolute Gasteiger partial charge is 0.460 e. The fourth-order valence-electron chi connectivity index (χ4n) is 1.71. The van der Waals surface area contributed by atoms with Crippen LogP contribution in [0, 0.1) is 5.41 Å². The summed E-state index contributed by atoms with van der Waals surface area (Å²) in [7, 11) is 0. The molecule has 3 nitrogen and oxygen atoms in total. The molecule has 0 bridgehead atoms. The van der Waals surface area contributed by atoms with Crippen molar-refractivity contribution in [3.05, 3.63) is 12.7 Å². The van der Waals surface area contributed by atoms with Crippen LogP contribution in [0.5, 0.6) is 0 Å². The van der Waals surface area contributed by atoms with Gasteiger partial charge in [-0.25, -0.2) is 4.79 Å². The van der Waals surface area contributed by atoms with E-state index in [1.807, 2.05) is 0 Å². The normalized spacial score (nSPS) is 13.3. The van der Waals surface area contributed by atoms with Gasteiger partial charge in [0.25, 0.3) is 0 Å². The topological polar surface area (TPSA) is 46.5 Å². The first-order chi connectivity index (χ1) is 6.91. The SMILES string of the molecule is C=CC(=O)OCC(O)CC(C)(C)CCC. The van der Waals surface area contributed by atoms with Crippen molar-refractivity contribution >= 4 is 5.97 Å². The third kappa shape index (κ3) is 7.14. The minimum atomic E-state index is -0.588. The molecule has 0 aromatic rings. The Morgan fingerprint density at radius 3 is 2.67 bits per heavy atom. The Morgan fingerprint density at radius 2 is 2.20 bits per heavy atom. The van der Waals surface area contributed by atoms with Gasteiger partial charge in [0.15, 0.2) is 0 Å². The van der Waals surface area contributed by atoms with Gasteiger partial charge >= 0.3 is 5.97 Å². The van der Waals surface area contributed by atoms with Crippen LogP contribution in [0.2, 0.25) is 0 Å². The molecule has 88 valence electrons. The van der Waals surface area contributed by atoms with Crippen molar-refractivity contribution in [3.8, 4) is 0 Å². The zero-order valence-corrected chi connectivity index (χ0v) is 9.95. The van der Waals surface area contributed by atoms with E-state index in [9.17, 15) is 9.90 Å². The molecule has 0 amide bonds. The van der Waals surface area contributed by atoms with Gasteiger partial charge in [0, 0.05) is 6.08 Å². The van der Waals surface area contributed by atoms with Gasteiger partial charge < -0.3 is 9.84 Å². The molecule has 1 N–H and O–H groups in total. The molecule has 15 heavy (non-hydrogen) atoms. The zero-order chi connectivity index (χ0) is 11.9. The van der Waals surface area contributed by atoms with Gasteiger partial charge in [-0.15, -0.1) is 0 Å². The summed E-state index contributed by atoms with van der Waals surface area (Å²) >= 11 is 0. The number of esters is 1. The first kappa shape index (κ1) is 14.2. The van der Waals surface area contributed by atoms with E-state index < -0.39 is 12.1 Å². The maximum Gasteiger partial charge on any atom is 0.330 e. The molecule has 1 unspecified atom stereocenters. The number of carbonyl (C=O) groups is 1. The van der Waals surface area contributed by atoms with Crippen molar-refractivity contribution in [1.82, 2.24) is 0 Å². The lowest BCUT2D eigenvalue weighted by Gasteiger charge is -2.26. The van der Waals surface area contributed by atoms with Gasteiger partial charge in [0.05, 0.1) is 6.10 Å². The highest BCUT2D eigenvalue weighted by Crippen LogP contribution is 2.28. The highest BCUT2D eigenvalue weighted by molar-refractivity contribution is 5.81. The molecule has 0 spiro atoms. The van der Waals surface area contributed by atoms with Crippen molar-refractivity contribution in [3.63, 3.8) is 0 Å². The second-order valence-corrected chi connectivity index (χ2v) is 4.61. The van der Waals surface area contributed by atoms with E-state index in [4.69, 9.17) is 4.74 Å². The molecular weight excluding hydrogens is 192 g/mol. The van der Waals surface area contributed by atoms with Gasteiger partial charge in [-0.2, -0.15) is 0 Å². The van der Waals surface area contributed by atoms with Gasteiger partial charge in [0.1, 0.15) is 6.61 Å². The third-order valence-corrected chi connectivity index (χ3v) is 2.30. The van der Waals surface area contributed by atoms with Crippen LogP contribution in [0.3, 0.4) is 0 Å². The first-order valence-corrected chi connectivity index (χ1v) is 5.38. The van der Waals surface area contributed by atoms with Crippen molar-refractivity contribution in [2.45, 2.75) is 46.1 Å². The average Bonchev–Trinajstić information content (AvgIpc) is 2.13. The van der Waals surface area contributed by atoms with Gasteiger partial charge in [-0.1, -0.05) is 33.8 Å². The van der Waals surface area contributed by atoms with E-state index in [-0.39, 0.29) is 12.0 Å². The third-order valence-electron chi connectivity index (χ3n) is 2.30. The predicted octanol–water partition coefficient (Wildman–Crippen LogP) is 2.29. The Labute approximate surface area is 92.1 Å². The summed E-state index contributed by atoms with van der Waals surface area (Å²) in [4.78, 5) is 10.8. The molecule has 0 saturated carbocycles.